The maximum Gasteiger partial charge on any atom is 0.359 e. The second-order valence-electron chi connectivity index (χ2n) is 5.46. The number of nitrogens with zero attached hydrogens (tertiary/aromatic N) is 2. The van der Waals surface area contributed by atoms with Crippen LogP contribution in [0.2, 0.25) is 0 Å². The molecule has 0 saturated carbocycles. The summed E-state index contributed by atoms with van der Waals surface area (Å²) < 4.78 is 10.2. The van der Waals surface area contributed by atoms with Gasteiger partial charge in [-0.3, -0.25) is 9.89 Å². The van der Waals surface area contributed by atoms with E-state index in [1.54, 1.807) is 43.2 Å². The first-order valence-electron chi connectivity index (χ1n) is 7.80. The summed E-state index contributed by atoms with van der Waals surface area (Å²) in [6.45, 7) is 2.92. The van der Waals surface area contributed by atoms with Gasteiger partial charge in [-0.1, -0.05) is 6.07 Å². The van der Waals surface area contributed by atoms with Gasteiger partial charge in [0.1, 0.15) is 5.75 Å². The number of carbonyl (C=O) groups excluding carboxylic acids is 2. The fourth-order valence-corrected chi connectivity index (χ4v) is 2.78. The van der Waals surface area contributed by atoms with Crippen molar-refractivity contribution in [2.45, 2.75) is 19.9 Å². The lowest BCUT2D eigenvalue weighted by Crippen LogP contribution is -2.36. The molecule has 0 spiro atoms. The van der Waals surface area contributed by atoms with Crippen LogP contribution < -0.4 is 4.74 Å². The van der Waals surface area contributed by atoms with Gasteiger partial charge in [-0.25, -0.2) is 4.79 Å². The Bertz CT molecular complexity index is 769. The van der Waals surface area contributed by atoms with Crippen molar-refractivity contribution in [1.29, 1.82) is 0 Å². The second-order valence-corrected chi connectivity index (χ2v) is 5.46. The van der Waals surface area contributed by atoms with E-state index >= 15 is 0 Å². The average molecular weight is 329 g/mol. The lowest BCUT2D eigenvalue weighted by atomic mass is 10.0. The Labute approximate surface area is 139 Å². The molecule has 0 bridgehead atoms. The number of hydrogen-bond acceptors (Lipinski definition) is 5. The number of nitrogens with one attached hydrogen (secondary N) is 1. The third-order valence-electron chi connectivity index (χ3n) is 4.01. The number of carbonyl (C=O) groups is 2. The Kier molecular flexibility index (Phi) is 4.50. The van der Waals surface area contributed by atoms with Crippen LogP contribution in [0, 0.1) is 0 Å². The lowest BCUT2D eigenvalue weighted by molar-refractivity contribution is 0.0513. The number of ether oxygens (including phenoxy) is 2. The number of amides is 1. The molecule has 1 aliphatic rings. The van der Waals surface area contributed by atoms with Crippen LogP contribution in [0.25, 0.3) is 0 Å². The Hall–Kier alpha value is -2.83. The molecule has 1 aromatic heterocycles. The van der Waals surface area contributed by atoms with Gasteiger partial charge < -0.3 is 14.4 Å². The maximum absolute atomic E-state index is 12.7. The van der Waals surface area contributed by atoms with Gasteiger partial charge in [-0.05, 0) is 25.1 Å². The summed E-state index contributed by atoms with van der Waals surface area (Å²) in [5.74, 6) is 0.0651. The molecule has 7 nitrogen and oxygen atoms in total. The fourth-order valence-electron chi connectivity index (χ4n) is 2.78. The molecule has 1 aliphatic heterocycles. The Balaban J connectivity index is 1.82. The number of benzene rings is 1. The van der Waals surface area contributed by atoms with E-state index in [9.17, 15) is 9.59 Å². The molecule has 0 aliphatic carbocycles. The van der Waals surface area contributed by atoms with Crippen molar-refractivity contribution in [1.82, 2.24) is 15.1 Å². The van der Waals surface area contributed by atoms with Gasteiger partial charge in [0.05, 0.1) is 20.3 Å². The first-order chi connectivity index (χ1) is 11.6. The van der Waals surface area contributed by atoms with E-state index in [0.717, 1.165) is 11.3 Å². The number of methoxy groups -OCH3 is 1. The van der Waals surface area contributed by atoms with E-state index in [1.807, 2.05) is 0 Å². The van der Waals surface area contributed by atoms with Crippen LogP contribution in [0.1, 0.15) is 39.0 Å². The molecule has 3 rings (SSSR count). The van der Waals surface area contributed by atoms with Crippen molar-refractivity contribution in [3.8, 4) is 5.75 Å². The normalized spacial score (nSPS) is 13.3. The van der Waals surface area contributed by atoms with Gasteiger partial charge in [-0.15, -0.1) is 0 Å². The molecule has 0 radical (unpaired) electrons. The second kappa shape index (κ2) is 6.74. The number of hydrogen-bond donors (Lipinski definition) is 1. The van der Waals surface area contributed by atoms with E-state index < -0.39 is 5.97 Å². The molecule has 7 heteroatoms. The van der Waals surface area contributed by atoms with Crippen molar-refractivity contribution in [3.63, 3.8) is 0 Å². The summed E-state index contributed by atoms with van der Waals surface area (Å²) in [7, 11) is 1.56. The predicted octanol–water partition coefficient (Wildman–Crippen LogP) is 1.79. The molecule has 1 amide bonds. The van der Waals surface area contributed by atoms with Crippen LogP contribution in [0.15, 0.2) is 24.3 Å². The van der Waals surface area contributed by atoms with Gasteiger partial charge in [0, 0.05) is 29.8 Å². The zero-order valence-corrected chi connectivity index (χ0v) is 13.7. The molecule has 0 saturated heterocycles. The fraction of sp³-hybridized carbons (Fsp3) is 0.353. The molecule has 0 fully saturated rings. The third kappa shape index (κ3) is 2.97. The Morgan fingerprint density at radius 3 is 2.96 bits per heavy atom. The molecule has 126 valence electrons. The largest absolute Gasteiger partial charge is 0.497 e. The van der Waals surface area contributed by atoms with E-state index in [0.29, 0.717) is 30.8 Å². The minimum Gasteiger partial charge on any atom is -0.497 e. The van der Waals surface area contributed by atoms with Gasteiger partial charge in [-0.2, -0.15) is 5.10 Å². The predicted molar refractivity (Wildman–Crippen MR) is 86.0 cm³/mol. The van der Waals surface area contributed by atoms with Crippen molar-refractivity contribution in [2.75, 3.05) is 20.3 Å². The topological polar surface area (TPSA) is 84.5 Å². The molecule has 0 unspecified atom stereocenters. The average Bonchev–Trinajstić information content (AvgIpc) is 3.04. The Morgan fingerprint density at radius 2 is 2.21 bits per heavy atom. The zero-order valence-electron chi connectivity index (χ0n) is 13.7. The molecular weight excluding hydrogens is 310 g/mol. The van der Waals surface area contributed by atoms with Crippen molar-refractivity contribution >= 4 is 11.9 Å². The van der Waals surface area contributed by atoms with Crippen molar-refractivity contribution in [2.24, 2.45) is 0 Å². The van der Waals surface area contributed by atoms with E-state index in [1.165, 1.54) is 0 Å². The monoisotopic (exact) mass is 329 g/mol. The van der Waals surface area contributed by atoms with Crippen LogP contribution >= 0.6 is 0 Å². The number of H-pyrrole nitrogens is 1. The number of esters is 1. The highest BCUT2D eigenvalue weighted by atomic mass is 16.5. The van der Waals surface area contributed by atoms with Crippen LogP contribution in [-0.4, -0.2) is 47.2 Å². The van der Waals surface area contributed by atoms with Gasteiger partial charge >= 0.3 is 5.97 Å². The SMILES string of the molecule is CCOC(=O)c1n[nH]c2c1CN(C(=O)c1cccc(OC)c1)CC2. The van der Waals surface area contributed by atoms with E-state index in [4.69, 9.17) is 9.47 Å². The maximum atomic E-state index is 12.7. The zero-order chi connectivity index (χ0) is 17.1. The summed E-state index contributed by atoms with van der Waals surface area (Å²) >= 11 is 0. The molecule has 1 N–H and O–H groups in total. The van der Waals surface area contributed by atoms with Gasteiger partial charge in [0.25, 0.3) is 5.91 Å². The summed E-state index contributed by atoms with van der Waals surface area (Å²) in [6.07, 6.45) is 0.622. The van der Waals surface area contributed by atoms with Crippen LogP contribution in [0.5, 0.6) is 5.75 Å². The quantitative estimate of drug-likeness (QED) is 0.865. The molecule has 2 heterocycles. The number of fused-ring (bicyclic) bond motifs is 1. The van der Waals surface area contributed by atoms with Crippen LogP contribution in [0.4, 0.5) is 0 Å². The standard InChI is InChI=1S/C17H19N3O4/c1-3-24-17(22)15-13-10-20(8-7-14(13)18-19-15)16(21)11-5-4-6-12(9-11)23-2/h4-6,9H,3,7-8,10H2,1-2H3,(H,18,19). The van der Waals surface area contributed by atoms with Crippen molar-refractivity contribution in [3.05, 3.63) is 46.8 Å². The number of aromatic amines is 1. The highest BCUT2D eigenvalue weighted by Gasteiger charge is 2.28. The van der Waals surface area contributed by atoms with Gasteiger partial charge in [0.2, 0.25) is 0 Å². The molecule has 2 aromatic rings. The van der Waals surface area contributed by atoms with Crippen LogP contribution in [0.3, 0.4) is 0 Å². The summed E-state index contributed by atoms with van der Waals surface area (Å²) in [5.41, 5.74) is 2.43. The smallest absolute Gasteiger partial charge is 0.359 e. The summed E-state index contributed by atoms with van der Waals surface area (Å²) in [4.78, 5) is 26.4. The minimum absolute atomic E-state index is 0.101. The lowest BCUT2D eigenvalue weighted by Gasteiger charge is -2.27. The summed E-state index contributed by atoms with van der Waals surface area (Å²) in [6, 6.07) is 7.03. The third-order valence-corrected chi connectivity index (χ3v) is 4.01. The summed E-state index contributed by atoms with van der Waals surface area (Å²) in [5, 5.41) is 6.93. The van der Waals surface area contributed by atoms with Crippen molar-refractivity contribution < 1.29 is 19.1 Å². The van der Waals surface area contributed by atoms with Gasteiger partial charge in [0.15, 0.2) is 5.69 Å². The highest BCUT2D eigenvalue weighted by Crippen LogP contribution is 2.23. The Morgan fingerprint density at radius 1 is 1.38 bits per heavy atom. The first-order valence-corrected chi connectivity index (χ1v) is 7.80. The highest BCUT2D eigenvalue weighted by molar-refractivity contribution is 5.95. The van der Waals surface area contributed by atoms with Crippen LogP contribution in [-0.2, 0) is 17.7 Å². The first kappa shape index (κ1) is 16.0. The van der Waals surface area contributed by atoms with E-state index in [-0.39, 0.29) is 18.2 Å². The molecule has 1 aromatic carbocycles. The van der Waals surface area contributed by atoms with E-state index in [2.05, 4.69) is 10.2 Å². The molecule has 24 heavy (non-hydrogen) atoms. The number of rotatable bonds is 4. The molecule has 0 atom stereocenters. The minimum atomic E-state index is -0.467. The number of aromatic nitrogens is 2. The molecular formula is C17H19N3O4.